The van der Waals surface area contributed by atoms with Gasteiger partial charge in [0.2, 0.25) is 10.0 Å². The number of rotatable bonds is 9. The fourth-order valence-corrected chi connectivity index (χ4v) is 4.12. The molecular weight excluding hydrogens is 296 g/mol. The molecule has 0 saturated heterocycles. The van der Waals surface area contributed by atoms with Crippen molar-refractivity contribution in [1.82, 2.24) is 4.31 Å². The number of hydrogen-bond donors (Lipinski definition) is 1. The molecule has 1 aromatic carbocycles. The van der Waals surface area contributed by atoms with Crippen LogP contribution in [0, 0.1) is 0 Å². The number of anilines is 1. The highest BCUT2D eigenvalue weighted by molar-refractivity contribution is 8.00. The zero-order chi connectivity index (χ0) is 15.0. The average molecular weight is 318 g/mol. The summed E-state index contributed by atoms with van der Waals surface area (Å²) in [7, 11) is 0.0198. The molecule has 0 fully saturated rings. The van der Waals surface area contributed by atoms with Gasteiger partial charge < -0.3 is 10.5 Å². The summed E-state index contributed by atoms with van der Waals surface area (Å²) in [5.74, 6) is 0.635. The van der Waals surface area contributed by atoms with Crippen LogP contribution in [0.2, 0.25) is 0 Å². The van der Waals surface area contributed by atoms with Gasteiger partial charge in [-0.25, -0.2) is 12.7 Å². The Bertz CT molecular complexity index is 506. The number of nitrogens with zero attached hydrogens (tertiary/aromatic N) is 1. The summed E-state index contributed by atoms with van der Waals surface area (Å²) in [4.78, 5) is 0.988. The van der Waals surface area contributed by atoms with Crippen molar-refractivity contribution in [3.63, 3.8) is 0 Å². The van der Waals surface area contributed by atoms with E-state index in [0.717, 1.165) is 4.90 Å². The lowest BCUT2D eigenvalue weighted by Gasteiger charge is -2.16. The second-order valence-corrected chi connectivity index (χ2v) is 7.77. The summed E-state index contributed by atoms with van der Waals surface area (Å²) >= 11 is 1.50. The average Bonchev–Trinajstić information content (AvgIpc) is 2.38. The molecule has 2 N–H and O–H groups in total. The van der Waals surface area contributed by atoms with E-state index in [0.29, 0.717) is 31.0 Å². The van der Waals surface area contributed by atoms with Crippen molar-refractivity contribution in [2.45, 2.75) is 11.3 Å². The van der Waals surface area contributed by atoms with Crippen molar-refractivity contribution in [3.8, 4) is 0 Å². The molecule has 0 aliphatic carbocycles. The number of ether oxygens (including phenoxy) is 1. The van der Waals surface area contributed by atoms with Gasteiger partial charge in [-0.2, -0.15) is 0 Å². The van der Waals surface area contributed by atoms with Crippen molar-refractivity contribution in [3.05, 3.63) is 24.3 Å². The zero-order valence-corrected chi connectivity index (χ0v) is 13.5. The van der Waals surface area contributed by atoms with Gasteiger partial charge in [0.15, 0.2) is 0 Å². The van der Waals surface area contributed by atoms with Gasteiger partial charge in [-0.3, -0.25) is 0 Å². The van der Waals surface area contributed by atoms with Crippen molar-refractivity contribution in [2.24, 2.45) is 0 Å². The topological polar surface area (TPSA) is 72.6 Å². The van der Waals surface area contributed by atoms with Crippen LogP contribution >= 0.6 is 11.8 Å². The largest absolute Gasteiger partial charge is 0.399 e. The van der Waals surface area contributed by atoms with Crippen molar-refractivity contribution >= 4 is 27.5 Å². The molecule has 1 aromatic rings. The lowest BCUT2D eigenvalue weighted by atomic mass is 10.3. The first-order valence-corrected chi connectivity index (χ1v) is 8.96. The molecule has 20 heavy (non-hydrogen) atoms. The maximum atomic E-state index is 12.0. The molecule has 0 aliphatic rings. The Kier molecular flexibility index (Phi) is 7.36. The lowest BCUT2D eigenvalue weighted by molar-refractivity contribution is 0.189. The standard InChI is InChI=1S/C13H22N2O3S2/c1-15(7-4-8-18-2)20(16,17)10-9-19-13-6-3-5-12(14)11-13/h3,5-6,11H,4,7-10,14H2,1-2H3. The van der Waals surface area contributed by atoms with E-state index >= 15 is 0 Å². The Balaban J connectivity index is 2.39. The fraction of sp³-hybridized carbons (Fsp3) is 0.538. The highest BCUT2D eigenvalue weighted by Gasteiger charge is 2.16. The van der Waals surface area contributed by atoms with E-state index in [1.165, 1.54) is 16.1 Å². The predicted octanol–water partition coefficient (Wildman–Crippen LogP) is 1.66. The van der Waals surface area contributed by atoms with Crippen LogP contribution in [0.4, 0.5) is 5.69 Å². The molecule has 7 heteroatoms. The third-order valence-electron chi connectivity index (χ3n) is 2.76. The summed E-state index contributed by atoms with van der Waals surface area (Å²) < 4.78 is 30.4. The molecule has 0 unspecified atom stereocenters. The minimum Gasteiger partial charge on any atom is -0.399 e. The fourth-order valence-electron chi connectivity index (χ4n) is 1.60. The van der Waals surface area contributed by atoms with Crippen LogP contribution in [0.5, 0.6) is 0 Å². The van der Waals surface area contributed by atoms with Crippen LogP contribution in [-0.4, -0.2) is 51.5 Å². The van der Waals surface area contributed by atoms with E-state index in [1.54, 1.807) is 14.2 Å². The van der Waals surface area contributed by atoms with Crippen LogP contribution in [-0.2, 0) is 14.8 Å². The number of benzene rings is 1. The Morgan fingerprint density at radius 3 is 2.80 bits per heavy atom. The highest BCUT2D eigenvalue weighted by Crippen LogP contribution is 2.20. The first-order valence-electron chi connectivity index (χ1n) is 6.37. The molecule has 0 heterocycles. The molecule has 0 radical (unpaired) electrons. The monoisotopic (exact) mass is 318 g/mol. The summed E-state index contributed by atoms with van der Waals surface area (Å²) in [6, 6.07) is 7.45. The number of sulfonamides is 1. The SMILES string of the molecule is COCCCN(C)S(=O)(=O)CCSc1cccc(N)c1. The molecule has 0 saturated carbocycles. The van der Waals surface area contributed by atoms with Crippen LogP contribution < -0.4 is 5.73 Å². The summed E-state index contributed by atoms with van der Waals surface area (Å²) in [6.45, 7) is 1.05. The van der Waals surface area contributed by atoms with E-state index in [9.17, 15) is 8.42 Å². The minimum absolute atomic E-state index is 0.121. The van der Waals surface area contributed by atoms with Gasteiger partial charge in [0.05, 0.1) is 5.75 Å². The maximum absolute atomic E-state index is 12.0. The summed E-state index contributed by atoms with van der Waals surface area (Å²) in [5.41, 5.74) is 6.37. The third-order valence-corrected chi connectivity index (χ3v) is 5.87. The summed E-state index contributed by atoms with van der Waals surface area (Å²) in [6.07, 6.45) is 0.703. The van der Waals surface area contributed by atoms with E-state index in [4.69, 9.17) is 10.5 Å². The van der Waals surface area contributed by atoms with Gasteiger partial charge in [0.1, 0.15) is 0 Å². The van der Waals surface area contributed by atoms with Crippen LogP contribution in [0.25, 0.3) is 0 Å². The van der Waals surface area contributed by atoms with E-state index in [-0.39, 0.29) is 5.75 Å². The Morgan fingerprint density at radius 1 is 1.40 bits per heavy atom. The first-order chi connectivity index (χ1) is 9.45. The molecule has 0 spiro atoms. The Labute approximate surface area is 125 Å². The van der Waals surface area contributed by atoms with Crippen molar-refractivity contribution in [2.75, 3.05) is 44.5 Å². The Morgan fingerprint density at radius 2 is 2.15 bits per heavy atom. The number of thioether (sulfide) groups is 1. The maximum Gasteiger partial charge on any atom is 0.214 e. The highest BCUT2D eigenvalue weighted by atomic mass is 32.2. The third kappa shape index (κ3) is 6.13. The van der Waals surface area contributed by atoms with Crippen LogP contribution in [0.15, 0.2) is 29.2 Å². The lowest BCUT2D eigenvalue weighted by Crippen LogP contribution is -2.31. The smallest absolute Gasteiger partial charge is 0.214 e. The number of nitrogens with two attached hydrogens (primary N) is 1. The van der Waals surface area contributed by atoms with Gasteiger partial charge in [0.25, 0.3) is 0 Å². The minimum atomic E-state index is -3.20. The molecule has 0 bridgehead atoms. The molecule has 0 amide bonds. The van der Waals surface area contributed by atoms with Crippen molar-refractivity contribution in [1.29, 1.82) is 0 Å². The summed E-state index contributed by atoms with van der Waals surface area (Å²) in [5, 5.41) is 0. The first kappa shape index (κ1) is 17.3. The quantitative estimate of drug-likeness (QED) is 0.426. The predicted molar refractivity (Wildman–Crippen MR) is 84.5 cm³/mol. The normalized spacial score (nSPS) is 11.9. The number of hydrogen-bond acceptors (Lipinski definition) is 5. The van der Waals surface area contributed by atoms with E-state index in [2.05, 4.69) is 0 Å². The molecule has 0 aliphatic heterocycles. The van der Waals surface area contributed by atoms with Gasteiger partial charge in [-0.05, 0) is 24.6 Å². The molecule has 5 nitrogen and oxygen atoms in total. The molecule has 1 rings (SSSR count). The molecule has 0 aromatic heterocycles. The molecule has 0 atom stereocenters. The number of nitrogen functional groups attached to an aromatic ring is 1. The number of methoxy groups -OCH3 is 1. The Hall–Kier alpha value is -0.760. The second kappa shape index (κ2) is 8.51. The van der Waals surface area contributed by atoms with Gasteiger partial charge >= 0.3 is 0 Å². The zero-order valence-electron chi connectivity index (χ0n) is 11.9. The van der Waals surface area contributed by atoms with Crippen molar-refractivity contribution < 1.29 is 13.2 Å². The molecule has 114 valence electrons. The van der Waals surface area contributed by atoms with E-state index in [1.807, 2.05) is 24.3 Å². The molecular formula is C13H22N2O3S2. The van der Waals surface area contributed by atoms with Gasteiger partial charge in [-0.1, -0.05) is 6.07 Å². The van der Waals surface area contributed by atoms with Gasteiger partial charge in [-0.15, -0.1) is 11.8 Å². The second-order valence-electron chi connectivity index (χ2n) is 4.40. The van der Waals surface area contributed by atoms with E-state index < -0.39 is 10.0 Å². The van der Waals surface area contributed by atoms with Crippen LogP contribution in [0.3, 0.4) is 0 Å². The van der Waals surface area contributed by atoms with Crippen LogP contribution in [0.1, 0.15) is 6.42 Å². The van der Waals surface area contributed by atoms with Gasteiger partial charge in [0, 0.05) is 43.6 Å².